The largest absolute Gasteiger partial charge is 0.477 e. The third-order valence-corrected chi connectivity index (χ3v) is 1.33. The first-order valence-corrected chi connectivity index (χ1v) is 3.09. The molecule has 1 rings (SSSR count). The quantitative estimate of drug-likeness (QED) is 0.473. The molecule has 0 spiro atoms. The molecule has 5 nitrogen and oxygen atoms in total. The Morgan fingerprint density at radius 2 is 1.92 bits per heavy atom. The number of para-hydroxylation sites is 1. The molecule has 1 aromatic rings. The minimum atomic E-state index is -1.29. The van der Waals surface area contributed by atoms with E-state index in [0.717, 1.165) is 6.07 Å². The second-order valence-electron chi connectivity index (χ2n) is 2.08. The van der Waals surface area contributed by atoms with Crippen molar-refractivity contribution in [1.82, 2.24) is 0 Å². The van der Waals surface area contributed by atoms with E-state index in [2.05, 4.69) is 0 Å². The van der Waals surface area contributed by atoms with Crippen molar-refractivity contribution in [2.45, 2.75) is 0 Å². The van der Waals surface area contributed by atoms with E-state index in [1.54, 1.807) is 0 Å². The van der Waals surface area contributed by atoms with Gasteiger partial charge in [0.25, 0.3) is 5.69 Å². The molecule has 0 saturated carbocycles. The summed E-state index contributed by atoms with van der Waals surface area (Å²) in [5.41, 5.74) is -0.674. The minimum Gasteiger partial charge on any atom is -0.477 e. The van der Waals surface area contributed by atoms with E-state index in [4.69, 9.17) is 5.11 Å². The van der Waals surface area contributed by atoms with Gasteiger partial charge in [0.1, 0.15) is 5.56 Å². The number of rotatable bonds is 2. The molecule has 0 aliphatic rings. The van der Waals surface area contributed by atoms with E-state index >= 15 is 0 Å². The van der Waals surface area contributed by atoms with Gasteiger partial charge in [-0.25, -0.2) is 4.79 Å². The topological polar surface area (TPSA) is 80.4 Å². The molecule has 1 aromatic carbocycles. The van der Waals surface area contributed by atoms with Gasteiger partial charge in [0.15, 0.2) is 0 Å². The Morgan fingerprint density at radius 1 is 1.38 bits per heavy atom. The first-order valence-electron chi connectivity index (χ1n) is 3.09. The fourth-order valence-corrected chi connectivity index (χ4v) is 0.814. The number of carboxylic acid groups (broad SMARTS) is 1. The van der Waals surface area contributed by atoms with Gasteiger partial charge in [0.2, 0.25) is 0 Å². The van der Waals surface area contributed by atoms with E-state index in [1.807, 2.05) is 0 Å². The third-order valence-electron chi connectivity index (χ3n) is 1.33. The molecule has 0 unspecified atom stereocenters. The maximum absolute atomic E-state index is 10.4. The van der Waals surface area contributed by atoms with Crippen molar-refractivity contribution in [1.29, 1.82) is 0 Å². The molecule has 0 atom stereocenters. The summed E-state index contributed by atoms with van der Waals surface area (Å²) in [6, 6.07) is 5.21. The zero-order chi connectivity index (χ0) is 9.14. The average Bonchev–Trinajstić information content (AvgIpc) is 2.04. The van der Waals surface area contributed by atoms with Crippen LogP contribution >= 0.6 is 0 Å². The van der Waals surface area contributed by atoms with Gasteiger partial charge in [0, 0.05) is 25.5 Å². The van der Waals surface area contributed by atoms with Crippen molar-refractivity contribution >= 4 is 11.7 Å². The van der Waals surface area contributed by atoms with Gasteiger partial charge in [0.05, 0.1) is 4.92 Å². The fourth-order valence-electron chi connectivity index (χ4n) is 0.814. The van der Waals surface area contributed by atoms with Crippen LogP contribution in [0.2, 0.25) is 0 Å². The number of nitro benzene ring substituents is 1. The summed E-state index contributed by atoms with van der Waals surface area (Å²) in [7, 11) is 0. The number of carbonyl (C=O) groups is 1. The Labute approximate surface area is 86.3 Å². The molecule has 0 heterocycles. The van der Waals surface area contributed by atoms with Crippen LogP contribution in [0.1, 0.15) is 10.4 Å². The van der Waals surface area contributed by atoms with Crippen molar-refractivity contribution in [2.75, 3.05) is 0 Å². The summed E-state index contributed by atoms with van der Waals surface area (Å²) in [5.74, 6) is -1.29. The molecule has 0 amide bonds. The number of nitro groups is 1. The molecule has 64 valence electrons. The molecule has 0 aliphatic heterocycles. The van der Waals surface area contributed by atoms with E-state index in [-0.39, 0.29) is 30.7 Å². The summed E-state index contributed by atoms with van der Waals surface area (Å²) >= 11 is 0. The summed E-state index contributed by atoms with van der Waals surface area (Å²) in [4.78, 5) is 20.0. The molecule has 0 radical (unpaired) electrons. The van der Waals surface area contributed by atoms with Gasteiger partial charge in [-0.2, -0.15) is 0 Å². The Hall–Kier alpha value is -1.29. The van der Waals surface area contributed by atoms with Crippen LogP contribution in [-0.4, -0.2) is 16.0 Å². The molecule has 0 aliphatic carbocycles. The maximum atomic E-state index is 10.4. The Morgan fingerprint density at radius 3 is 2.31 bits per heavy atom. The Kier molecular flexibility index (Phi) is 4.21. The second kappa shape index (κ2) is 4.67. The SMILES string of the molecule is O=C(O)c1ccccc1[N+](=O)[O-].[Zn]. The third kappa shape index (κ3) is 2.59. The fraction of sp³-hybridized carbons (Fsp3) is 0. The Balaban J connectivity index is 0.00000144. The average molecular weight is 233 g/mol. The number of aromatic carboxylic acids is 1. The summed E-state index contributed by atoms with van der Waals surface area (Å²) in [6.07, 6.45) is 0. The molecule has 1 N–H and O–H groups in total. The molecular weight excluding hydrogens is 227 g/mol. The normalized spacial score (nSPS) is 8.62. The monoisotopic (exact) mass is 231 g/mol. The maximum Gasteiger partial charge on any atom is 0.342 e. The predicted molar refractivity (Wildman–Crippen MR) is 40.1 cm³/mol. The van der Waals surface area contributed by atoms with Crippen molar-refractivity contribution < 1.29 is 34.3 Å². The number of hydrogen-bond donors (Lipinski definition) is 1. The smallest absolute Gasteiger partial charge is 0.342 e. The van der Waals surface area contributed by atoms with Crippen LogP contribution in [0, 0.1) is 10.1 Å². The van der Waals surface area contributed by atoms with Crippen LogP contribution in [0.5, 0.6) is 0 Å². The minimum absolute atomic E-state index is 0. The van der Waals surface area contributed by atoms with Gasteiger partial charge in [-0.15, -0.1) is 0 Å². The van der Waals surface area contributed by atoms with Crippen LogP contribution in [0.3, 0.4) is 0 Å². The van der Waals surface area contributed by atoms with Crippen LogP contribution in [0.4, 0.5) is 5.69 Å². The van der Waals surface area contributed by atoms with Crippen molar-refractivity contribution in [3.63, 3.8) is 0 Å². The zero-order valence-electron chi connectivity index (χ0n) is 6.64. The van der Waals surface area contributed by atoms with Crippen molar-refractivity contribution in [2.24, 2.45) is 0 Å². The zero-order valence-corrected chi connectivity index (χ0v) is 9.60. The van der Waals surface area contributed by atoms with Gasteiger partial charge < -0.3 is 5.11 Å². The molecular formula is C7H5NO4Zn. The van der Waals surface area contributed by atoms with Gasteiger partial charge in [-0.05, 0) is 6.07 Å². The summed E-state index contributed by atoms with van der Waals surface area (Å²) in [6.45, 7) is 0. The van der Waals surface area contributed by atoms with Crippen molar-refractivity contribution in [3.05, 3.63) is 39.9 Å². The van der Waals surface area contributed by atoms with Gasteiger partial charge >= 0.3 is 5.97 Å². The number of nitrogens with zero attached hydrogens (tertiary/aromatic N) is 1. The van der Waals surface area contributed by atoms with E-state index in [9.17, 15) is 14.9 Å². The summed E-state index contributed by atoms with van der Waals surface area (Å²) < 4.78 is 0. The first-order chi connectivity index (χ1) is 5.63. The van der Waals surface area contributed by atoms with Crippen LogP contribution in [0.25, 0.3) is 0 Å². The number of benzene rings is 1. The van der Waals surface area contributed by atoms with Crippen LogP contribution in [-0.2, 0) is 19.5 Å². The molecule has 0 aromatic heterocycles. The molecule has 13 heavy (non-hydrogen) atoms. The first kappa shape index (κ1) is 11.7. The number of hydrogen-bond acceptors (Lipinski definition) is 3. The predicted octanol–water partition coefficient (Wildman–Crippen LogP) is 1.29. The van der Waals surface area contributed by atoms with Gasteiger partial charge in [-0.3, -0.25) is 10.1 Å². The summed E-state index contributed by atoms with van der Waals surface area (Å²) in [5, 5.41) is 18.8. The van der Waals surface area contributed by atoms with Crippen LogP contribution in [0.15, 0.2) is 24.3 Å². The van der Waals surface area contributed by atoms with Crippen LogP contribution < -0.4 is 0 Å². The standard InChI is InChI=1S/C7H5NO4.Zn/c9-7(10)5-3-1-2-4-6(5)8(11)12;/h1-4H,(H,9,10);. The molecule has 0 bridgehead atoms. The molecule has 0 fully saturated rings. The molecule has 0 saturated heterocycles. The molecule has 6 heteroatoms. The second-order valence-corrected chi connectivity index (χ2v) is 2.08. The Bertz CT molecular complexity index is 306. The van der Waals surface area contributed by atoms with E-state index in [0.29, 0.717) is 0 Å². The van der Waals surface area contributed by atoms with E-state index < -0.39 is 10.9 Å². The van der Waals surface area contributed by atoms with Crippen molar-refractivity contribution in [3.8, 4) is 0 Å². The van der Waals surface area contributed by atoms with E-state index in [1.165, 1.54) is 18.2 Å². The number of carboxylic acids is 1. The van der Waals surface area contributed by atoms with Gasteiger partial charge in [-0.1, -0.05) is 12.1 Å².